The van der Waals surface area contributed by atoms with Gasteiger partial charge in [0.1, 0.15) is 17.3 Å². The summed E-state index contributed by atoms with van der Waals surface area (Å²) in [5.41, 5.74) is 9.74. The molecule has 3 N–H and O–H groups in total. The molecule has 0 saturated heterocycles. The molecule has 0 bridgehead atoms. The third-order valence-corrected chi connectivity index (χ3v) is 4.75. The number of anilines is 1. The molecular formula is C19H22N4O3. The van der Waals surface area contributed by atoms with Crippen molar-refractivity contribution in [2.45, 2.75) is 32.1 Å². The molecule has 7 heteroatoms. The number of nitrogens with zero attached hydrogens (tertiary/aromatic N) is 2. The number of fused-ring (bicyclic) bond motifs is 5. The summed E-state index contributed by atoms with van der Waals surface area (Å²) in [6, 6.07) is 5.85. The molecule has 0 spiro atoms. The third-order valence-electron chi connectivity index (χ3n) is 4.75. The van der Waals surface area contributed by atoms with Crippen LogP contribution in [0, 0.1) is 0 Å². The molecule has 1 atom stereocenters. The van der Waals surface area contributed by atoms with Crippen LogP contribution < -0.4 is 15.8 Å². The first-order valence-corrected chi connectivity index (χ1v) is 8.73. The minimum Gasteiger partial charge on any atom is -0.497 e. The third kappa shape index (κ3) is 2.51. The fourth-order valence-corrected chi connectivity index (χ4v) is 3.45. The highest BCUT2D eigenvalue weighted by atomic mass is 16.5. The second-order valence-electron chi connectivity index (χ2n) is 6.36. The zero-order valence-corrected chi connectivity index (χ0v) is 15.1. The van der Waals surface area contributed by atoms with Crippen LogP contribution >= 0.6 is 0 Å². The molecule has 7 nitrogen and oxygen atoms in total. The van der Waals surface area contributed by atoms with E-state index in [0.717, 1.165) is 47.5 Å². The first-order chi connectivity index (χ1) is 12.7. The van der Waals surface area contributed by atoms with Crippen LogP contribution in [0.2, 0.25) is 0 Å². The lowest BCUT2D eigenvalue weighted by Crippen LogP contribution is -2.31. The fourth-order valence-electron chi connectivity index (χ4n) is 3.45. The van der Waals surface area contributed by atoms with Crippen molar-refractivity contribution < 1.29 is 13.9 Å². The maximum absolute atomic E-state index is 6.26. The Bertz CT molecular complexity index is 914. The lowest BCUT2D eigenvalue weighted by Gasteiger charge is -2.31. The highest BCUT2D eigenvalue weighted by Gasteiger charge is 2.40. The Kier molecular flexibility index (Phi) is 4.06. The van der Waals surface area contributed by atoms with Crippen molar-refractivity contribution in [2.24, 2.45) is 10.7 Å². The molecule has 0 amide bonds. The van der Waals surface area contributed by atoms with Crippen molar-refractivity contribution in [3.8, 4) is 5.75 Å². The predicted octanol–water partition coefficient (Wildman–Crippen LogP) is 3.44. The van der Waals surface area contributed by atoms with Crippen molar-refractivity contribution in [2.75, 3.05) is 19.5 Å². The minimum absolute atomic E-state index is 0.206. The Labute approximate surface area is 151 Å². The monoisotopic (exact) mass is 354 g/mol. The van der Waals surface area contributed by atoms with Crippen molar-refractivity contribution in [3.63, 3.8) is 0 Å². The number of amidine groups is 1. The topological polar surface area (TPSA) is 94.9 Å². The van der Waals surface area contributed by atoms with E-state index in [2.05, 4.69) is 17.2 Å². The number of benzene rings is 1. The number of rotatable bonds is 5. The second-order valence-corrected chi connectivity index (χ2v) is 6.36. The molecule has 0 saturated carbocycles. The van der Waals surface area contributed by atoms with Crippen LogP contribution in [0.4, 0.5) is 11.6 Å². The van der Waals surface area contributed by atoms with Crippen LogP contribution in [0.15, 0.2) is 39.1 Å². The van der Waals surface area contributed by atoms with Crippen molar-refractivity contribution in [1.82, 2.24) is 4.98 Å². The van der Waals surface area contributed by atoms with Crippen LogP contribution in [0.25, 0.3) is 0 Å². The SMILES string of the molecule is CCCCc1nc2c(o1)N=C(N)C1=C(OC)Nc3ccc(OC)cc3C12. The Morgan fingerprint density at radius 3 is 2.85 bits per heavy atom. The first kappa shape index (κ1) is 16.5. The lowest BCUT2D eigenvalue weighted by molar-refractivity contribution is 0.291. The smallest absolute Gasteiger partial charge is 0.245 e. The number of nitrogens with one attached hydrogen (secondary N) is 1. The van der Waals surface area contributed by atoms with E-state index in [-0.39, 0.29) is 5.92 Å². The van der Waals surface area contributed by atoms with Gasteiger partial charge in [-0.2, -0.15) is 4.99 Å². The van der Waals surface area contributed by atoms with Gasteiger partial charge in [0.15, 0.2) is 11.8 Å². The van der Waals surface area contributed by atoms with Gasteiger partial charge in [0.25, 0.3) is 0 Å². The molecule has 2 aromatic rings. The molecule has 2 aliphatic rings. The predicted molar refractivity (Wildman–Crippen MR) is 98.9 cm³/mol. The van der Waals surface area contributed by atoms with E-state index in [1.54, 1.807) is 14.2 Å². The summed E-state index contributed by atoms with van der Waals surface area (Å²) >= 11 is 0. The summed E-state index contributed by atoms with van der Waals surface area (Å²) in [5.74, 6) is 2.69. The number of oxazole rings is 1. The Morgan fingerprint density at radius 1 is 1.27 bits per heavy atom. The average Bonchev–Trinajstić information content (AvgIpc) is 3.07. The maximum atomic E-state index is 6.26. The maximum Gasteiger partial charge on any atom is 0.245 e. The van der Waals surface area contributed by atoms with E-state index < -0.39 is 0 Å². The molecule has 1 aromatic carbocycles. The molecular weight excluding hydrogens is 332 g/mol. The van der Waals surface area contributed by atoms with Gasteiger partial charge < -0.3 is 24.9 Å². The van der Waals surface area contributed by atoms with Crippen molar-refractivity contribution in [3.05, 3.63) is 46.8 Å². The number of aryl methyl sites for hydroxylation is 1. The number of nitrogens with two attached hydrogens (primary N) is 1. The van der Waals surface area contributed by atoms with Crippen LogP contribution in [-0.4, -0.2) is 25.0 Å². The molecule has 0 fully saturated rings. The largest absolute Gasteiger partial charge is 0.497 e. The quantitative estimate of drug-likeness (QED) is 0.854. The second kappa shape index (κ2) is 6.40. The van der Waals surface area contributed by atoms with Crippen LogP contribution in [0.5, 0.6) is 5.75 Å². The lowest BCUT2D eigenvalue weighted by atomic mass is 9.83. The van der Waals surface area contributed by atoms with Gasteiger partial charge in [-0.05, 0) is 30.2 Å². The summed E-state index contributed by atoms with van der Waals surface area (Å²) in [7, 11) is 3.26. The molecule has 1 unspecified atom stereocenters. The van der Waals surface area contributed by atoms with Gasteiger partial charge in [0.2, 0.25) is 5.88 Å². The van der Waals surface area contributed by atoms with Gasteiger partial charge >= 0.3 is 0 Å². The first-order valence-electron chi connectivity index (χ1n) is 8.73. The minimum atomic E-state index is -0.206. The highest BCUT2D eigenvalue weighted by molar-refractivity contribution is 6.04. The van der Waals surface area contributed by atoms with E-state index in [1.165, 1.54) is 0 Å². The number of methoxy groups -OCH3 is 2. The highest BCUT2D eigenvalue weighted by Crippen LogP contribution is 2.48. The Hall–Kier alpha value is -2.96. The van der Waals surface area contributed by atoms with Gasteiger partial charge in [-0.15, -0.1) is 0 Å². The number of aromatic nitrogens is 1. The molecule has 3 heterocycles. The summed E-state index contributed by atoms with van der Waals surface area (Å²) < 4.78 is 16.8. The fraction of sp³-hybridized carbons (Fsp3) is 0.368. The van der Waals surface area contributed by atoms with E-state index in [9.17, 15) is 0 Å². The van der Waals surface area contributed by atoms with Crippen LogP contribution in [0.1, 0.15) is 42.8 Å². The van der Waals surface area contributed by atoms with Gasteiger partial charge in [-0.25, -0.2) is 4.98 Å². The summed E-state index contributed by atoms with van der Waals surface area (Å²) in [4.78, 5) is 9.17. The normalized spacial score (nSPS) is 17.7. The summed E-state index contributed by atoms with van der Waals surface area (Å²) in [5, 5.41) is 3.28. The number of hydrogen-bond acceptors (Lipinski definition) is 7. The van der Waals surface area contributed by atoms with Gasteiger partial charge in [-0.3, -0.25) is 0 Å². The van der Waals surface area contributed by atoms with Crippen molar-refractivity contribution >= 4 is 17.4 Å². The molecule has 136 valence electrons. The number of ether oxygens (including phenoxy) is 2. The Balaban J connectivity index is 1.89. The Morgan fingerprint density at radius 2 is 2.12 bits per heavy atom. The summed E-state index contributed by atoms with van der Waals surface area (Å²) in [6.07, 6.45) is 2.87. The summed E-state index contributed by atoms with van der Waals surface area (Å²) in [6.45, 7) is 2.14. The van der Waals surface area contributed by atoms with Gasteiger partial charge in [-0.1, -0.05) is 13.3 Å². The zero-order valence-electron chi connectivity index (χ0n) is 15.1. The van der Waals surface area contributed by atoms with Crippen LogP contribution in [0.3, 0.4) is 0 Å². The number of unbranched alkanes of at least 4 members (excludes halogenated alkanes) is 1. The van der Waals surface area contributed by atoms with Crippen LogP contribution in [-0.2, 0) is 11.2 Å². The number of hydrogen-bond donors (Lipinski definition) is 2. The number of aliphatic imine (C=N–C) groups is 1. The molecule has 4 rings (SSSR count). The molecule has 2 aliphatic heterocycles. The molecule has 1 aromatic heterocycles. The standard InChI is InChI=1S/C19H22N4O3/c1-4-5-6-13-22-16-14-11-9-10(24-2)7-8-12(11)21-18(25-3)15(14)17(20)23-19(16)26-13/h7-9,14,21H,4-6H2,1-3H3,(H2,20,23). The molecule has 26 heavy (non-hydrogen) atoms. The van der Waals surface area contributed by atoms with E-state index in [1.807, 2.05) is 18.2 Å². The average molecular weight is 354 g/mol. The van der Waals surface area contributed by atoms with Gasteiger partial charge in [0.05, 0.1) is 25.7 Å². The molecule has 0 aliphatic carbocycles. The van der Waals surface area contributed by atoms with E-state index >= 15 is 0 Å². The molecule has 0 radical (unpaired) electrons. The van der Waals surface area contributed by atoms with Gasteiger partial charge in [0, 0.05) is 12.1 Å². The van der Waals surface area contributed by atoms with E-state index in [4.69, 9.17) is 24.6 Å². The van der Waals surface area contributed by atoms with E-state index in [0.29, 0.717) is 23.5 Å². The zero-order chi connectivity index (χ0) is 18.3. The van der Waals surface area contributed by atoms with Crippen molar-refractivity contribution in [1.29, 1.82) is 0 Å².